The van der Waals surface area contributed by atoms with Crippen molar-refractivity contribution in [1.82, 2.24) is 4.98 Å². The summed E-state index contributed by atoms with van der Waals surface area (Å²) in [4.78, 5) is 15.8. The molecule has 4 heteroatoms. The van der Waals surface area contributed by atoms with Gasteiger partial charge < -0.3 is 5.32 Å². The van der Waals surface area contributed by atoms with Crippen molar-refractivity contribution < 1.29 is 4.79 Å². The zero-order valence-corrected chi connectivity index (χ0v) is 10.6. The van der Waals surface area contributed by atoms with E-state index < -0.39 is 0 Å². The van der Waals surface area contributed by atoms with Gasteiger partial charge in [0.15, 0.2) is 0 Å². The Morgan fingerprint density at radius 2 is 1.94 bits per heavy atom. The van der Waals surface area contributed by atoms with Crippen molar-refractivity contribution in [3.05, 3.63) is 58.8 Å². The van der Waals surface area contributed by atoms with Gasteiger partial charge in [-0.15, -0.1) is 0 Å². The molecule has 0 bridgehead atoms. The molecule has 0 saturated carbocycles. The predicted molar refractivity (Wildman–Crippen MR) is 70.7 cm³/mol. The van der Waals surface area contributed by atoms with Crippen molar-refractivity contribution in [2.24, 2.45) is 0 Å². The summed E-state index contributed by atoms with van der Waals surface area (Å²) >= 11 is 3.24. The minimum Gasteiger partial charge on any atom is -0.324 e. The van der Waals surface area contributed by atoms with Gasteiger partial charge in [-0.25, -0.2) is 4.98 Å². The largest absolute Gasteiger partial charge is 0.324 e. The van der Waals surface area contributed by atoms with Gasteiger partial charge in [0.2, 0.25) is 5.91 Å². The molecule has 0 saturated heterocycles. The van der Waals surface area contributed by atoms with Crippen LogP contribution in [0.1, 0.15) is 5.56 Å². The second kappa shape index (κ2) is 5.59. The van der Waals surface area contributed by atoms with Crippen molar-refractivity contribution in [2.75, 3.05) is 5.32 Å². The van der Waals surface area contributed by atoms with Gasteiger partial charge in [-0.3, -0.25) is 4.79 Å². The summed E-state index contributed by atoms with van der Waals surface area (Å²) in [6.07, 6.45) is 1.99. The molecule has 1 aromatic heterocycles. The molecule has 1 heterocycles. The molecule has 0 atom stereocenters. The summed E-state index contributed by atoms with van der Waals surface area (Å²) in [5.74, 6) is -0.0414. The Kier molecular flexibility index (Phi) is 3.88. The lowest BCUT2D eigenvalue weighted by Gasteiger charge is -2.04. The number of anilines is 1. The van der Waals surface area contributed by atoms with Crippen LogP contribution in [0, 0.1) is 0 Å². The molecule has 0 unspecified atom stereocenters. The molecule has 3 nitrogen and oxygen atoms in total. The van der Waals surface area contributed by atoms with Gasteiger partial charge in [-0.05, 0) is 33.6 Å². The molecule has 17 heavy (non-hydrogen) atoms. The number of carbonyl (C=O) groups excluding carboxylic acids is 1. The lowest BCUT2D eigenvalue weighted by Crippen LogP contribution is -2.14. The minimum atomic E-state index is -0.0414. The molecule has 1 aromatic carbocycles. The molecule has 0 radical (unpaired) electrons. The molecule has 2 rings (SSSR count). The van der Waals surface area contributed by atoms with E-state index in [2.05, 4.69) is 26.2 Å². The topological polar surface area (TPSA) is 42.0 Å². The number of nitrogens with one attached hydrogen (secondary N) is 1. The van der Waals surface area contributed by atoms with Crippen LogP contribution < -0.4 is 5.32 Å². The summed E-state index contributed by atoms with van der Waals surface area (Å²) < 4.78 is 0.749. The molecule has 86 valence electrons. The van der Waals surface area contributed by atoms with E-state index in [1.807, 2.05) is 30.3 Å². The van der Waals surface area contributed by atoms with Crippen LogP contribution in [-0.4, -0.2) is 10.9 Å². The first kappa shape index (κ1) is 11.8. The quantitative estimate of drug-likeness (QED) is 0.883. The van der Waals surface area contributed by atoms with Crippen LogP contribution in [0.5, 0.6) is 0 Å². The number of hydrogen-bond donors (Lipinski definition) is 1. The van der Waals surface area contributed by atoms with Crippen LogP contribution in [0.25, 0.3) is 0 Å². The van der Waals surface area contributed by atoms with Gasteiger partial charge in [0, 0.05) is 0 Å². The molecule has 2 aromatic rings. The normalized spacial score (nSPS) is 9.94. The van der Waals surface area contributed by atoms with Crippen LogP contribution in [0.4, 0.5) is 5.69 Å². The van der Waals surface area contributed by atoms with Crippen molar-refractivity contribution in [1.29, 1.82) is 0 Å². The fraction of sp³-hybridized carbons (Fsp3) is 0.0769. The summed E-state index contributed by atoms with van der Waals surface area (Å²) in [6, 6.07) is 13.2. The van der Waals surface area contributed by atoms with Gasteiger partial charge >= 0.3 is 0 Å². The Morgan fingerprint density at radius 1 is 1.18 bits per heavy atom. The molecule has 0 spiro atoms. The Labute approximate surface area is 108 Å². The molecule has 1 N–H and O–H groups in total. The van der Waals surface area contributed by atoms with Crippen molar-refractivity contribution >= 4 is 27.5 Å². The molecule has 1 amide bonds. The number of pyridine rings is 1. The number of aromatic nitrogens is 1. The summed E-state index contributed by atoms with van der Waals surface area (Å²) in [5.41, 5.74) is 1.70. The zero-order chi connectivity index (χ0) is 12.1. The lowest BCUT2D eigenvalue weighted by atomic mass is 10.1. The maximum absolute atomic E-state index is 11.7. The number of benzene rings is 1. The van der Waals surface area contributed by atoms with Crippen LogP contribution >= 0.6 is 15.9 Å². The third kappa shape index (κ3) is 3.67. The second-order valence-corrected chi connectivity index (χ2v) is 4.39. The Morgan fingerprint density at radius 3 is 2.59 bits per heavy atom. The van der Waals surface area contributed by atoms with Gasteiger partial charge in [-0.2, -0.15) is 0 Å². The number of carbonyl (C=O) groups is 1. The SMILES string of the molecule is O=C(Cc1ccccc1)Nc1ccc(Br)nc1. The summed E-state index contributed by atoms with van der Waals surface area (Å²) in [5, 5.41) is 2.80. The second-order valence-electron chi connectivity index (χ2n) is 3.58. The predicted octanol–water partition coefficient (Wildman–Crippen LogP) is 3.03. The monoisotopic (exact) mass is 290 g/mol. The van der Waals surface area contributed by atoms with Crippen molar-refractivity contribution in [2.45, 2.75) is 6.42 Å². The van der Waals surface area contributed by atoms with Gasteiger partial charge in [0.1, 0.15) is 4.60 Å². The van der Waals surface area contributed by atoms with E-state index in [9.17, 15) is 4.79 Å². The molecule has 0 aliphatic rings. The number of amides is 1. The molecule has 0 aliphatic carbocycles. The molecule has 0 fully saturated rings. The maximum atomic E-state index is 11.7. The molecular weight excluding hydrogens is 280 g/mol. The first-order chi connectivity index (χ1) is 8.24. The fourth-order valence-corrected chi connectivity index (χ4v) is 1.67. The zero-order valence-electron chi connectivity index (χ0n) is 9.06. The van der Waals surface area contributed by atoms with E-state index in [1.165, 1.54) is 0 Å². The average molecular weight is 291 g/mol. The Hall–Kier alpha value is -1.68. The smallest absolute Gasteiger partial charge is 0.228 e. The van der Waals surface area contributed by atoms with Crippen LogP contribution in [0.15, 0.2) is 53.3 Å². The summed E-state index contributed by atoms with van der Waals surface area (Å²) in [6.45, 7) is 0. The highest BCUT2D eigenvalue weighted by Gasteiger charge is 2.03. The van der Waals surface area contributed by atoms with E-state index >= 15 is 0 Å². The van der Waals surface area contributed by atoms with Crippen molar-refractivity contribution in [3.63, 3.8) is 0 Å². The van der Waals surface area contributed by atoms with Crippen LogP contribution in [0.3, 0.4) is 0 Å². The van der Waals surface area contributed by atoms with E-state index in [0.29, 0.717) is 12.1 Å². The first-order valence-electron chi connectivity index (χ1n) is 5.19. The fourth-order valence-electron chi connectivity index (χ4n) is 1.44. The highest BCUT2D eigenvalue weighted by atomic mass is 79.9. The van der Waals surface area contributed by atoms with E-state index in [1.54, 1.807) is 18.3 Å². The van der Waals surface area contributed by atoms with Gasteiger partial charge in [0.05, 0.1) is 18.3 Å². The first-order valence-corrected chi connectivity index (χ1v) is 5.99. The molecular formula is C13H11BrN2O. The third-order valence-corrected chi connectivity index (χ3v) is 2.69. The van der Waals surface area contributed by atoms with Crippen LogP contribution in [-0.2, 0) is 11.2 Å². The van der Waals surface area contributed by atoms with Gasteiger partial charge in [-0.1, -0.05) is 30.3 Å². The van der Waals surface area contributed by atoms with E-state index in [-0.39, 0.29) is 5.91 Å². The Bertz CT molecular complexity index is 497. The number of rotatable bonds is 3. The van der Waals surface area contributed by atoms with E-state index in [0.717, 1.165) is 10.2 Å². The highest BCUT2D eigenvalue weighted by molar-refractivity contribution is 9.10. The summed E-state index contributed by atoms with van der Waals surface area (Å²) in [7, 11) is 0. The van der Waals surface area contributed by atoms with E-state index in [4.69, 9.17) is 0 Å². The maximum Gasteiger partial charge on any atom is 0.228 e. The number of nitrogens with zero attached hydrogens (tertiary/aromatic N) is 1. The standard InChI is InChI=1S/C13H11BrN2O/c14-12-7-6-11(9-15-12)16-13(17)8-10-4-2-1-3-5-10/h1-7,9H,8H2,(H,16,17). The number of halogens is 1. The van der Waals surface area contributed by atoms with Crippen molar-refractivity contribution in [3.8, 4) is 0 Å². The lowest BCUT2D eigenvalue weighted by molar-refractivity contribution is -0.115. The van der Waals surface area contributed by atoms with Gasteiger partial charge in [0.25, 0.3) is 0 Å². The molecule has 0 aliphatic heterocycles. The highest BCUT2D eigenvalue weighted by Crippen LogP contribution is 2.11. The third-order valence-electron chi connectivity index (χ3n) is 2.22. The minimum absolute atomic E-state index is 0.0414. The number of hydrogen-bond acceptors (Lipinski definition) is 2. The average Bonchev–Trinajstić information content (AvgIpc) is 2.33. The van der Waals surface area contributed by atoms with Crippen LogP contribution in [0.2, 0.25) is 0 Å². The Balaban J connectivity index is 1.96.